The molecule has 0 atom stereocenters. The highest BCUT2D eigenvalue weighted by Gasteiger charge is 2.14. The lowest BCUT2D eigenvalue weighted by Gasteiger charge is -2.02. The van der Waals surface area contributed by atoms with Crippen molar-refractivity contribution in [2.75, 3.05) is 20.3 Å². The molecule has 0 radical (unpaired) electrons. The molecule has 0 saturated heterocycles. The van der Waals surface area contributed by atoms with Crippen LogP contribution in [0.5, 0.6) is 0 Å². The van der Waals surface area contributed by atoms with Gasteiger partial charge in [-0.2, -0.15) is 0 Å². The largest absolute Gasteiger partial charge is 0.385 e. The number of fused-ring (bicyclic) bond motifs is 3. The third-order valence-corrected chi connectivity index (χ3v) is 4.85. The number of carbonyl (C=O) groups excluding carboxylic acids is 1. The van der Waals surface area contributed by atoms with E-state index in [2.05, 4.69) is 10.3 Å². The zero-order chi connectivity index (χ0) is 16.4. The molecule has 0 aliphatic heterocycles. The van der Waals surface area contributed by atoms with Crippen LogP contribution in [0.25, 0.3) is 21.0 Å². The molecule has 6 heteroatoms. The summed E-state index contributed by atoms with van der Waals surface area (Å²) in [5.74, 6) is -0.150. The minimum atomic E-state index is -0.161. The molecular formula is C17H18N2O3S. The molecule has 23 heavy (non-hydrogen) atoms. The molecule has 5 nitrogen and oxygen atoms in total. The van der Waals surface area contributed by atoms with Gasteiger partial charge in [0.15, 0.2) is 0 Å². The number of hydrogen-bond donors (Lipinski definition) is 2. The Bertz CT molecular complexity index is 927. The monoisotopic (exact) mass is 330 g/mol. The molecule has 1 amide bonds. The summed E-state index contributed by atoms with van der Waals surface area (Å²) in [6.07, 6.45) is 0.760. The fourth-order valence-corrected chi connectivity index (χ4v) is 3.62. The number of ether oxygens (including phenoxy) is 1. The molecule has 0 spiro atoms. The molecule has 0 bridgehead atoms. The average molecular weight is 330 g/mol. The van der Waals surface area contributed by atoms with Gasteiger partial charge in [0.25, 0.3) is 11.5 Å². The predicted octanol–water partition coefficient (Wildman–Crippen LogP) is 2.82. The third-order valence-electron chi connectivity index (χ3n) is 3.68. The summed E-state index contributed by atoms with van der Waals surface area (Å²) in [4.78, 5) is 27.9. The summed E-state index contributed by atoms with van der Waals surface area (Å²) < 4.78 is 5.81. The molecule has 120 valence electrons. The van der Waals surface area contributed by atoms with Crippen LogP contribution in [-0.2, 0) is 4.74 Å². The first-order valence-corrected chi connectivity index (χ1v) is 8.25. The quantitative estimate of drug-likeness (QED) is 0.707. The van der Waals surface area contributed by atoms with Gasteiger partial charge in [0.05, 0.1) is 10.3 Å². The van der Waals surface area contributed by atoms with Gasteiger partial charge in [-0.25, -0.2) is 0 Å². The fourth-order valence-electron chi connectivity index (χ4n) is 2.52. The highest BCUT2D eigenvalue weighted by Crippen LogP contribution is 2.30. The molecule has 2 aromatic heterocycles. The summed E-state index contributed by atoms with van der Waals surface area (Å²) in [6, 6.07) is 7.56. The maximum absolute atomic E-state index is 12.2. The van der Waals surface area contributed by atoms with Crippen LogP contribution in [0.15, 0.2) is 29.1 Å². The van der Waals surface area contributed by atoms with E-state index in [-0.39, 0.29) is 11.5 Å². The van der Waals surface area contributed by atoms with Crippen LogP contribution in [0.1, 0.15) is 21.7 Å². The maximum atomic E-state index is 12.2. The molecule has 1 aromatic carbocycles. The summed E-state index contributed by atoms with van der Waals surface area (Å²) >= 11 is 1.36. The van der Waals surface area contributed by atoms with E-state index in [9.17, 15) is 9.59 Å². The van der Waals surface area contributed by atoms with E-state index in [1.165, 1.54) is 11.3 Å². The van der Waals surface area contributed by atoms with E-state index in [4.69, 9.17) is 4.74 Å². The van der Waals surface area contributed by atoms with E-state index in [1.807, 2.05) is 25.1 Å². The summed E-state index contributed by atoms with van der Waals surface area (Å²) in [5.41, 5.74) is 1.75. The number of amides is 1. The maximum Gasteiger partial charge on any atom is 0.261 e. The van der Waals surface area contributed by atoms with E-state index in [0.717, 1.165) is 27.6 Å². The van der Waals surface area contributed by atoms with Gasteiger partial charge in [0.1, 0.15) is 0 Å². The Kier molecular flexibility index (Phi) is 4.45. The number of aryl methyl sites for hydroxylation is 1. The van der Waals surface area contributed by atoms with E-state index in [1.54, 1.807) is 13.2 Å². The molecule has 0 saturated carbocycles. The number of benzene rings is 1. The first kappa shape index (κ1) is 15.7. The molecule has 0 fully saturated rings. The van der Waals surface area contributed by atoms with Gasteiger partial charge in [-0.3, -0.25) is 9.59 Å². The lowest BCUT2D eigenvalue weighted by molar-refractivity contribution is 0.0952. The summed E-state index contributed by atoms with van der Waals surface area (Å²) in [5, 5.41) is 4.39. The molecule has 3 rings (SSSR count). The minimum Gasteiger partial charge on any atom is -0.385 e. The Hall–Kier alpha value is -2.18. The third kappa shape index (κ3) is 3.13. The Morgan fingerprint density at radius 2 is 2.13 bits per heavy atom. The second-order valence-corrected chi connectivity index (χ2v) is 6.51. The van der Waals surface area contributed by atoms with Crippen molar-refractivity contribution in [3.63, 3.8) is 0 Å². The number of carbonyl (C=O) groups is 1. The Balaban J connectivity index is 1.99. The van der Waals surface area contributed by atoms with Crippen molar-refractivity contribution < 1.29 is 9.53 Å². The van der Waals surface area contributed by atoms with Gasteiger partial charge in [0.2, 0.25) is 0 Å². The van der Waals surface area contributed by atoms with Crippen LogP contribution in [0.2, 0.25) is 0 Å². The van der Waals surface area contributed by atoms with Crippen LogP contribution >= 0.6 is 11.3 Å². The van der Waals surface area contributed by atoms with Crippen LogP contribution in [-0.4, -0.2) is 31.2 Å². The Morgan fingerprint density at radius 3 is 2.91 bits per heavy atom. The molecule has 0 unspecified atom stereocenters. The zero-order valence-electron chi connectivity index (χ0n) is 13.1. The van der Waals surface area contributed by atoms with Crippen molar-refractivity contribution in [3.05, 3.63) is 45.1 Å². The van der Waals surface area contributed by atoms with E-state index < -0.39 is 0 Å². The topological polar surface area (TPSA) is 71.2 Å². The Labute approximate surface area is 137 Å². The molecule has 2 N–H and O–H groups in total. The van der Waals surface area contributed by atoms with Gasteiger partial charge < -0.3 is 15.0 Å². The lowest BCUT2D eigenvalue weighted by Crippen LogP contribution is -2.24. The van der Waals surface area contributed by atoms with Crippen LogP contribution < -0.4 is 10.9 Å². The first-order chi connectivity index (χ1) is 11.1. The van der Waals surface area contributed by atoms with E-state index >= 15 is 0 Å². The van der Waals surface area contributed by atoms with Gasteiger partial charge in [-0.1, -0.05) is 11.6 Å². The predicted molar refractivity (Wildman–Crippen MR) is 93.5 cm³/mol. The molecule has 3 aromatic rings. The number of pyridine rings is 1. The van der Waals surface area contributed by atoms with Crippen molar-refractivity contribution in [1.82, 2.24) is 10.3 Å². The number of hydrogen-bond acceptors (Lipinski definition) is 4. The normalized spacial score (nSPS) is 11.2. The fraction of sp³-hybridized carbons (Fsp3) is 0.294. The molecule has 2 heterocycles. The van der Waals surface area contributed by atoms with Crippen molar-refractivity contribution in [2.24, 2.45) is 0 Å². The molecule has 0 aliphatic rings. The SMILES string of the molecule is COCCCNC(=O)c1cc2c(=O)[nH]c3ccc(C)cc3c2s1. The number of methoxy groups -OCH3 is 1. The zero-order valence-corrected chi connectivity index (χ0v) is 13.9. The number of H-pyrrole nitrogens is 1. The number of aromatic amines is 1. The van der Waals surface area contributed by atoms with Crippen LogP contribution in [0, 0.1) is 6.92 Å². The molecule has 0 aliphatic carbocycles. The highest BCUT2D eigenvalue weighted by atomic mass is 32.1. The summed E-state index contributed by atoms with van der Waals surface area (Å²) in [6.45, 7) is 3.17. The number of nitrogens with one attached hydrogen (secondary N) is 2. The summed E-state index contributed by atoms with van der Waals surface area (Å²) in [7, 11) is 1.63. The van der Waals surface area contributed by atoms with Crippen LogP contribution in [0.4, 0.5) is 0 Å². The van der Waals surface area contributed by atoms with Crippen molar-refractivity contribution in [2.45, 2.75) is 13.3 Å². The van der Waals surface area contributed by atoms with Gasteiger partial charge in [0, 0.05) is 35.9 Å². The van der Waals surface area contributed by atoms with Crippen LogP contribution in [0.3, 0.4) is 0 Å². The number of aromatic nitrogens is 1. The Morgan fingerprint density at radius 1 is 1.30 bits per heavy atom. The second-order valence-electron chi connectivity index (χ2n) is 5.46. The smallest absolute Gasteiger partial charge is 0.261 e. The second kappa shape index (κ2) is 6.52. The van der Waals surface area contributed by atoms with Gasteiger partial charge >= 0.3 is 0 Å². The number of thiophene rings is 1. The van der Waals surface area contributed by atoms with Gasteiger partial charge in [-0.15, -0.1) is 11.3 Å². The highest BCUT2D eigenvalue weighted by molar-refractivity contribution is 7.21. The average Bonchev–Trinajstić information content (AvgIpc) is 2.98. The van der Waals surface area contributed by atoms with Crippen molar-refractivity contribution >= 4 is 38.2 Å². The lowest BCUT2D eigenvalue weighted by atomic mass is 10.1. The van der Waals surface area contributed by atoms with Gasteiger partial charge in [-0.05, 0) is 31.5 Å². The van der Waals surface area contributed by atoms with Crippen molar-refractivity contribution in [3.8, 4) is 0 Å². The molecular weight excluding hydrogens is 312 g/mol. The van der Waals surface area contributed by atoms with Crippen molar-refractivity contribution in [1.29, 1.82) is 0 Å². The van der Waals surface area contributed by atoms with E-state index in [0.29, 0.717) is 23.4 Å². The first-order valence-electron chi connectivity index (χ1n) is 7.43. The number of rotatable bonds is 5. The minimum absolute atomic E-state index is 0.150. The standard InChI is InChI=1S/C17H18N2O3S/c1-10-4-5-13-11(8-10)15-12(16(20)19-13)9-14(23-15)17(21)18-6-3-7-22-2/h4-5,8-9H,3,6-7H2,1-2H3,(H,18,21)(H,19,20).